The van der Waals surface area contributed by atoms with Crippen molar-refractivity contribution < 1.29 is 9.53 Å². The molecule has 5 rings (SSSR count). The van der Waals surface area contributed by atoms with E-state index in [1.807, 2.05) is 36.4 Å². The van der Waals surface area contributed by atoms with E-state index in [1.165, 1.54) is 10.8 Å². The topological polar surface area (TPSA) is 53.6 Å². The van der Waals surface area contributed by atoms with Crippen molar-refractivity contribution >= 4 is 55.4 Å². The predicted molar refractivity (Wildman–Crippen MR) is 139 cm³/mol. The molecule has 1 amide bonds. The summed E-state index contributed by atoms with van der Waals surface area (Å²) in [5, 5.41) is 8.89. The minimum absolute atomic E-state index is 0.234. The molecule has 4 aromatic carbocycles. The van der Waals surface area contributed by atoms with Gasteiger partial charge in [-0.25, -0.2) is 0 Å². The van der Waals surface area contributed by atoms with Crippen LogP contribution < -0.4 is 20.3 Å². The molecule has 1 heterocycles. The van der Waals surface area contributed by atoms with Gasteiger partial charge in [0.05, 0.1) is 24.0 Å². The molecular weight excluding hydrogens is 478 g/mol. The Balaban J connectivity index is 1.44. The zero-order valence-electron chi connectivity index (χ0n) is 18.0. The molecule has 1 aliphatic rings. The number of fused-ring (bicyclic) bond motifs is 3. The van der Waals surface area contributed by atoms with Gasteiger partial charge in [0.1, 0.15) is 5.75 Å². The second kappa shape index (κ2) is 9.00. The van der Waals surface area contributed by atoms with Gasteiger partial charge in [0.25, 0.3) is 5.91 Å². The molecule has 0 unspecified atom stereocenters. The second-order valence-corrected chi connectivity index (χ2v) is 8.49. The van der Waals surface area contributed by atoms with Crippen LogP contribution >= 0.6 is 15.9 Å². The van der Waals surface area contributed by atoms with Gasteiger partial charge in [-0.1, -0.05) is 36.4 Å². The monoisotopic (exact) mass is 499 g/mol. The molecule has 1 aliphatic heterocycles. The Morgan fingerprint density at radius 1 is 1.00 bits per heavy atom. The van der Waals surface area contributed by atoms with Crippen molar-refractivity contribution in [2.45, 2.75) is 0 Å². The molecule has 0 atom stereocenters. The summed E-state index contributed by atoms with van der Waals surface area (Å²) in [6, 6.07) is 25.9. The average Bonchev–Trinajstić information content (AvgIpc) is 3.07. The first-order valence-corrected chi connectivity index (χ1v) is 11.4. The molecule has 33 heavy (non-hydrogen) atoms. The molecule has 0 bridgehead atoms. The van der Waals surface area contributed by atoms with Crippen LogP contribution in [0.4, 0.5) is 22.7 Å². The van der Waals surface area contributed by atoms with Crippen molar-refractivity contribution in [3.05, 3.63) is 101 Å². The zero-order valence-corrected chi connectivity index (χ0v) is 19.6. The molecule has 0 aliphatic carbocycles. The minimum atomic E-state index is -0.234. The standard InChI is InChI=1S/C27H22BrN3O2/c1-33-24-9-4-8-22(28)25(24)27(32)30-19-11-13-20(14-12-19)31-17-5-16-29-26-21-7-3-2-6-18(21)10-15-23(26)31/h2-15,17,29H,16H2,1H3,(H,30,32). The number of methoxy groups -OCH3 is 1. The Morgan fingerprint density at radius 3 is 2.64 bits per heavy atom. The third-order valence-electron chi connectivity index (χ3n) is 5.64. The first kappa shape index (κ1) is 21.1. The van der Waals surface area contributed by atoms with Crippen LogP contribution in [0.3, 0.4) is 0 Å². The summed E-state index contributed by atoms with van der Waals surface area (Å²) in [6.07, 6.45) is 4.18. The molecular formula is C27H22BrN3O2. The first-order valence-electron chi connectivity index (χ1n) is 10.6. The van der Waals surface area contributed by atoms with Crippen LogP contribution in [0, 0.1) is 0 Å². The van der Waals surface area contributed by atoms with Crippen molar-refractivity contribution in [3.63, 3.8) is 0 Å². The number of hydrogen-bond acceptors (Lipinski definition) is 4. The number of benzene rings is 4. The van der Waals surface area contributed by atoms with E-state index in [9.17, 15) is 4.79 Å². The number of hydrogen-bond donors (Lipinski definition) is 2. The van der Waals surface area contributed by atoms with Gasteiger partial charge < -0.3 is 20.3 Å². The highest BCUT2D eigenvalue weighted by atomic mass is 79.9. The summed E-state index contributed by atoms with van der Waals surface area (Å²) < 4.78 is 6.03. The highest BCUT2D eigenvalue weighted by Crippen LogP contribution is 2.39. The number of nitrogens with one attached hydrogen (secondary N) is 2. The SMILES string of the molecule is COc1cccc(Br)c1C(=O)Nc1ccc(N2C=CCNc3c2ccc2ccccc32)cc1. The third-order valence-corrected chi connectivity index (χ3v) is 6.30. The van der Waals surface area contributed by atoms with Crippen molar-refractivity contribution in [1.82, 2.24) is 0 Å². The summed E-state index contributed by atoms with van der Waals surface area (Å²) in [6.45, 7) is 0.749. The molecule has 0 saturated heterocycles. The summed E-state index contributed by atoms with van der Waals surface area (Å²) in [5.41, 5.74) is 4.36. The van der Waals surface area contributed by atoms with E-state index in [4.69, 9.17) is 4.74 Å². The number of rotatable bonds is 4. The number of anilines is 4. The zero-order chi connectivity index (χ0) is 22.8. The third kappa shape index (κ3) is 4.05. The molecule has 164 valence electrons. The van der Waals surface area contributed by atoms with Crippen LogP contribution in [0.15, 0.2) is 95.6 Å². The quantitative estimate of drug-likeness (QED) is 0.319. The Kier molecular flexibility index (Phi) is 5.75. The predicted octanol–water partition coefficient (Wildman–Crippen LogP) is 6.94. The van der Waals surface area contributed by atoms with Crippen LogP contribution in [0.25, 0.3) is 10.8 Å². The van der Waals surface area contributed by atoms with Gasteiger partial charge in [-0.3, -0.25) is 4.79 Å². The highest BCUT2D eigenvalue weighted by Gasteiger charge is 2.18. The van der Waals surface area contributed by atoms with Crippen molar-refractivity contribution in [2.24, 2.45) is 0 Å². The number of amides is 1. The van der Waals surface area contributed by atoms with E-state index in [-0.39, 0.29) is 5.91 Å². The van der Waals surface area contributed by atoms with Crippen LogP contribution in [0.5, 0.6) is 5.75 Å². The van der Waals surface area contributed by atoms with E-state index in [1.54, 1.807) is 13.2 Å². The maximum absolute atomic E-state index is 12.9. The fourth-order valence-electron chi connectivity index (χ4n) is 4.06. The lowest BCUT2D eigenvalue weighted by Gasteiger charge is -2.23. The number of nitrogens with zero attached hydrogens (tertiary/aromatic N) is 1. The van der Waals surface area contributed by atoms with Gasteiger partial charge in [0, 0.05) is 34.0 Å². The Labute approximate surface area is 200 Å². The summed E-state index contributed by atoms with van der Waals surface area (Å²) in [7, 11) is 1.55. The van der Waals surface area contributed by atoms with Gasteiger partial charge in [0.15, 0.2) is 0 Å². The van der Waals surface area contributed by atoms with E-state index in [0.717, 1.165) is 23.6 Å². The number of halogens is 1. The van der Waals surface area contributed by atoms with E-state index in [2.05, 4.69) is 80.1 Å². The molecule has 0 saturated carbocycles. The Hall–Kier alpha value is -3.77. The van der Waals surface area contributed by atoms with Crippen molar-refractivity contribution in [1.29, 1.82) is 0 Å². The molecule has 0 fully saturated rings. The van der Waals surface area contributed by atoms with Crippen LogP contribution in [0.1, 0.15) is 10.4 Å². The Bertz CT molecular complexity index is 1370. The first-order chi connectivity index (χ1) is 16.2. The molecule has 0 aromatic heterocycles. The van der Waals surface area contributed by atoms with E-state index >= 15 is 0 Å². The fourth-order valence-corrected chi connectivity index (χ4v) is 4.59. The van der Waals surface area contributed by atoms with Gasteiger partial charge >= 0.3 is 0 Å². The maximum Gasteiger partial charge on any atom is 0.260 e. The summed E-state index contributed by atoms with van der Waals surface area (Å²) in [5.74, 6) is 0.285. The van der Waals surface area contributed by atoms with Crippen molar-refractivity contribution in [2.75, 3.05) is 29.2 Å². The Morgan fingerprint density at radius 2 is 1.82 bits per heavy atom. The fraction of sp³-hybridized carbons (Fsp3) is 0.0741. The molecule has 0 radical (unpaired) electrons. The van der Waals surface area contributed by atoms with Gasteiger partial charge in [0.2, 0.25) is 0 Å². The van der Waals surface area contributed by atoms with Crippen molar-refractivity contribution in [3.8, 4) is 5.75 Å². The van der Waals surface area contributed by atoms with Gasteiger partial charge in [-0.2, -0.15) is 0 Å². The average molecular weight is 500 g/mol. The minimum Gasteiger partial charge on any atom is -0.496 e. The van der Waals surface area contributed by atoms with Crippen LogP contribution in [-0.2, 0) is 0 Å². The highest BCUT2D eigenvalue weighted by molar-refractivity contribution is 9.10. The summed E-state index contributed by atoms with van der Waals surface area (Å²) >= 11 is 3.44. The van der Waals surface area contributed by atoms with Crippen LogP contribution in [-0.4, -0.2) is 19.6 Å². The van der Waals surface area contributed by atoms with Gasteiger partial charge in [-0.05, 0) is 69.9 Å². The smallest absolute Gasteiger partial charge is 0.260 e. The largest absolute Gasteiger partial charge is 0.496 e. The molecule has 2 N–H and O–H groups in total. The summed E-state index contributed by atoms with van der Waals surface area (Å²) in [4.78, 5) is 15.0. The molecule has 0 spiro atoms. The maximum atomic E-state index is 12.9. The number of carbonyl (C=O) groups is 1. The lowest BCUT2D eigenvalue weighted by atomic mass is 10.1. The molecule has 6 heteroatoms. The number of ether oxygens (including phenoxy) is 1. The molecule has 4 aromatic rings. The van der Waals surface area contributed by atoms with E-state index in [0.29, 0.717) is 21.5 Å². The second-order valence-electron chi connectivity index (χ2n) is 7.63. The van der Waals surface area contributed by atoms with Crippen LogP contribution in [0.2, 0.25) is 0 Å². The molecule has 5 nitrogen and oxygen atoms in total. The lowest BCUT2D eigenvalue weighted by Crippen LogP contribution is -2.14. The lowest BCUT2D eigenvalue weighted by molar-refractivity contribution is 0.102. The number of carbonyl (C=O) groups excluding carboxylic acids is 1. The van der Waals surface area contributed by atoms with E-state index < -0.39 is 0 Å². The van der Waals surface area contributed by atoms with Gasteiger partial charge in [-0.15, -0.1) is 0 Å². The normalized spacial score (nSPS) is 12.6.